The van der Waals surface area contributed by atoms with Gasteiger partial charge in [-0.05, 0) is 37.1 Å². The highest BCUT2D eigenvalue weighted by molar-refractivity contribution is 9.10. The van der Waals surface area contributed by atoms with Crippen LogP contribution in [0.1, 0.15) is 42.6 Å². The maximum atomic E-state index is 12.5. The molecule has 1 saturated carbocycles. The van der Waals surface area contributed by atoms with E-state index >= 15 is 0 Å². The van der Waals surface area contributed by atoms with E-state index in [1.165, 1.54) is 19.3 Å². The summed E-state index contributed by atoms with van der Waals surface area (Å²) in [5, 5.41) is 8.11. The van der Waals surface area contributed by atoms with Crippen molar-refractivity contribution in [3.05, 3.63) is 40.6 Å². The van der Waals surface area contributed by atoms with Gasteiger partial charge < -0.3 is 4.90 Å². The molecule has 116 valence electrons. The monoisotopic (exact) mass is 362 g/mol. The largest absolute Gasteiger partial charge is 0.337 e. The minimum Gasteiger partial charge on any atom is -0.337 e. The Labute approximate surface area is 138 Å². The van der Waals surface area contributed by atoms with E-state index in [2.05, 4.69) is 26.2 Å². The summed E-state index contributed by atoms with van der Waals surface area (Å²) >= 11 is 3.40. The minimum atomic E-state index is -0.0461. The van der Waals surface area contributed by atoms with Crippen LogP contribution in [-0.2, 0) is 0 Å². The number of nitrogens with zero attached hydrogens (tertiary/aromatic N) is 4. The van der Waals surface area contributed by atoms with Crippen molar-refractivity contribution in [2.45, 2.75) is 38.1 Å². The van der Waals surface area contributed by atoms with Gasteiger partial charge in [-0.25, -0.2) is 4.68 Å². The van der Waals surface area contributed by atoms with Crippen molar-refractivity contribution in [2.24, 2.45) is 0 Å². The standard InChI is InChI=1S/C16H19BrN4O/c1-20(13-5-3-2-4-6-13)16(22)15-11-21(19-18-15)14-9-7-12(17)8-10-14/h7-11,13H,2-6H2,1H3. The summed E-state index contributed by atoms with van der Waals surface area (Å²) in [5.74, 6) is -0.0461. The van der Waals surface area contributed by atoms with Gasteiger partial charge in [-0.2, -0.15) is 0 Å². The molecule has 0 N–H and O–H groups in total. The number of amides is 1. The molecule has 0 aliphatic heterocycles. The number of hydrogen-bond acceptors (Lipinski definition) is 3. The average Bonchev–Trinajstić information content (AvgIpc) is 3.05. The fourth-order valence-electron chi connectivity index (χ4n) is 2.90. The number of carbonyl (C=O) groups excluding carboxylic acids is 1. The molecule has 0 unspecified atom stereocenters. The predicted molar refractivity (Wildman–Crippen MR) is 88.0 cm³/mol. The summed E-state index contributed by atoms with van der Waals surface area (Å²) in [6, 6.07) is 8.06. The molecule has 1 aromatic carbocycles. The van der Waals surface area contributed by atoms with Crippen molar-refractivity contribution in [1.29, 1.82) is 0 Å². The van der Waals surface area contributed by atoms with Crippen molar-refractivity contribution in [3.8, 4) is 5.69 Å². The number of hydrogen-bond donors (Lipinski definition) is 0. The normalized spacial score (nSPS) is 15.7. The summed E-state index contributed by atoms with van der Waals surface area (Å²) < 4.78 is 2.64. The Hall–Kier alpha value is -1.69. The van der Waals surface area contributed by atoms with E-state index in [4.69, 9.17) is 0 Å². The Morgan fingerprint density at radius 3 is 2.59 bits per heavy atom. The molecule has 0 bridgehead atoms. The average molecular weight is 363 g/mol. The Balaban J connectivity index is 1.75. The molecule has 2 aromatic rings. The van der Waals surface area contributed by atoms with Crippen molar-refractivity contribution < 1.29 is 4.79 Å². The van der Waals surface area contributed by atoms with E-state index in [-0.39, 0.29) is 5.91 Å². The van der Waals surface area contributed by atoms with Crippen LogP contribution in [-0.4, -0.2) is 38.9 Å². The van der Waals surface area contributed by atoms with E-state index in [1.807, 2.05) is 36.2 Å². The van der Waals surface area contributed by atoms with Crippen LogP contribution < -0.4 is 0 Å². The molecule has 1 fully saturated rings. The lowest BCUT2D eigenvalue weighted by molar-refractivity contribution is 0.0690. The fraction of sp³-hybridized carbons (Fsp3) is 0.438. The third kappa shape index (κ3) is 3.21. The Bertz CT molecular complexity index is 646. The molecular formula is C16H19BrN4O. The number of halogens is 1. The predicted octanol–water partition coefficient (Wildman–Crippen LogP) is 3.43. The number of rotatable bonds is 3. The van der Waals surface area contributed by atoms with E-state index in [9.17, 15) is 4.79 Å². The van der Waals surface area contributed by atoms with Gasteiger partial charge in [0.1, 0.15) is 0 Å². The van der Waals surface area contributed by atoms with Crippen LogP contribution in [0.4, 0.5) is 0 Å². The van der Waals surface area contributed by atoms with Gasteiger partial charge in [0.15, 0.2) is 5.69 Å². The first-order chi connectivity index (χ1) is 10.6. The Morgan fingerprint density at radius 1 is 1.23 bits per heavy atom. The van der Waals surface area contributed by atoms with E-state index < -0.39 is 0 Å². The second kappa shape index (κ2) is 6.60. The molecule has 22 heavy (non-hydrogen) atoms. The summed E-state index contributed by atoms with van der Waals surface area (Å²) in [4.78, 5) is 14.4. The first-order valence-electron chi connectivity index (χ1n) is 7.60. The van der Waals surface area contributed by atoms with Gasteiger partial charge in [-0.1, -0.05) is 40.4 Å². The van der Waals surface area contributed by atoms with Crippen LogP contribution in [0.5, 0.6) is 0 Å². The van der Waals surface area contributed by atoms with Gasteiger partial charge in [-0.3, -0.25) is 4.79 Å². The molecule has 1 amide bonds. The van der Waals surface area contributed by atoms with Crippen LogP contribution in [0.25, 0.3) is 5.69 Å². The first kappa shape index (κ1) is 15.2. The Morgan fingerprint density at radius 2 is 1.91 bits per heavy atom. The zero-order valence-electron chi connectivity index (χ0n) is 12.6. The lowest BCUT2D eigenvalue weighted by Crippen LogP contribution is -2.38. The smallest absolute Gasteiger partial charge is 0.276 e. The maximum Gasteiger partial charge on any atom is 0.276 e. The van der Waals surface area contributed by atoms with Gasteiger partial charge in [-0.15, -0.1) is 5.10 Å². The molecule has 1 aliphatic carbocycles. The Kier molecular flexibility index (Phi) is 4.57. The zero-order valence-corrected chi connectivity index (χ0v) is 14.2. The third-order valence-corrected chi connectivity index (χ3v) is 4.78. The number of benzene rings is 1. The second-order valence-electron chi connectivity index (χ2n) is 5.73. The SMILES string of the molecule is CN(C(=O)c1cn(-c2ccc(Br)cc2)nn1)C1CCCCC1. The molecule has 0 spiro atoms. The van der Waals surface area contributed by atoms with Crippen molar-refractivity contribution >= 4 is 21.8 Å². The molecule has 3 rings (SSSR count). The molecule has 0 saturated heterocycles. The van der Waals surface area contributed by atoms with Crippen molar-refractivity contribution in [1.82, 2.24) is 19.9 Å². The molecule has 0 atom stereocenters. The third-order valence-electron chi connectivity index (χ3n) is 4.25. The molecular weight excluding hydrogens is 344 g/mol. The summed E-state index contributed by atoms with van der Waals surface area (Å²) in [5.41, 5.74) is 1.28. The lowest BCUT2D eigenvalue weighted by atomic mass is 9.94. The molecule has 5 nitrogen and oxygen atoms in total. The van der Waals surface area contributed by atoms with Crippen LogP contribution in [0.15, 0.2) is 34.9 Å². The van der Waals surface area contributed by atoms with E-state index in [1.54, 1.807) is 10.9 Å². The number of carbonyl (C=O) groups is 1. The summed E-state index contributed by atoms with van der Waals surface area (Å²) in [6.45, 7) is 0. The van der Waals surface area contributed by atoms with Gasteiger partial charge in [0.05, 0.1) is 11.9 Å². The van der Waals surface area contributed by atoms with Gasteiger partial charge in [0, 0.05) is 17.6 Å². The molecule has 1 heterocycles. The maximum absolute atomic E-state index is 12.5. The first-order valence-corrected chi connectivity index (χ1v) is 8.40. The molecule has 1 aliphatic rings. The lowest BCUT2D eigenvalue weighted by Gasteiger charge is -2.30. The van der Waals surface area contributed by atoms with Crippen LogP contribution in [0.2, 0.25) is 0 Å². The highest BCUT2D eigenvalue weighted by atomic mass is 79.9. The minimum absolute atomic E-state index is 0.0461. The highest BCUT2D eigenvalue weighted by Gasteiger charge is 2.24. The zero-order chi connectivity index (χ0) is 15.5. The topological polar surface area (TPSA) is 51.0 Å². The molecule has 1 aromatic heterocycles. The quantitative estimate of drug-likeness (QED) is 0.840. The van der Waals surface area contributed by atoms with Crippen LogP contribution in [0, 0.1) is 0 Å². The summed E-state index contributed by atoms with van der Waals surface area (Å²) in [6.07, 6.45) is 7.55. The van der Waals surface area contributed by atoms with Gasteiger partial charge in [0.2, 0.25) is 0 Å². The fourth-order valence-corrected chi connectivity index (χ4v) is 3.16. The number of aromatic nitrogens is 3. The van der Waals surface area contributed by atoms with Crippen LogP contribution >= 0.6 is 15.9 Å². The van der Waals surface area contributed by atoms with Gasteiger partial charge >= 0.3 is 0 Å². The van der Waals surface area contributed by atoms with Crippen molar-refractivity contribution in [2.75, 3.05) is 7.05 Å². The van der Waals surface area contributed by atoms with E-state index in [0.29, 0.717) is 11.7 Å². The van der Waals surface area contributed by atoms with Gasteiger partial charge in [0.25, 0.3) is 5.91 Å². The molecule has 0 radical (unpaired) electrons. The highest BCUT2D eigenvalue weighted by Crippen LogP contribution is 2.22. The van der Waals surface area contributed by atoms with Crippen LogP contribution in [0.3, 0.4) is 0 Å². The summed E-state index contributed by atoms with van der Waals surface area (Å²) in [7, 11) is 1.87. The molecule has 6 heteroatoms. The van der Waals surface area contributed by atoms with E-state index in [0.717, 1.165) is 23.0 Å². The van der Waals surface area contributed by atoms with Crippen molar-refractivity contribution in [3.63, 3.8) is 0 Å². The second-order valence-corrected chi connectivity index (χ2v) is 6.65.